The molecule has 0 radical (unpaired) electrons. The van der Waals surface area contributed by atoms with Crippen molar-refractivity contribution in [1.82, 2.24) is 9.80 Å². The molecule has 3 aromatic rings. The minimum absolute atomic E-state index is 0.0364. The number of benzene rings is 3. The van der Waals surface area contributed by atoms with Crippen molar-refractivity contribution >= 4 is 29.1 Å². The van der Waals surface area contributed by atoms with Crippen molar-refractivity contribution in [2.24, 2.45) is 0 Å². The zero-order valence-corrected chi connectivity index (χ0v) is 24.2. The molecule has 40 heavy (non-hydrogen) atoms. The molecular formula is C32H35Cl2FN2O3. The Morgan fingerprint density at radius 2 is 1.50 bits per heavy atom. The molecule has 2 saturated heterocycles. The minimum Gasteiger partial charge on any atom is -0.379 e. The van der Waals surface area contributed by atoms with Gasteiger partial charge in [0.15, 0.2) is 0 Å². The molecule has 2 aliphatic rings. The first-order chi connectivity index (χ1) is 19.4. The van der Waals surface area contributed by atoms with E-state index in [0.717, 1.165) is 49.2 Å². The van der Waals surface area contributed by atoms with E-state index in [1.54, 1.807) is 12.1 Å². The lowest BCUT2D eigenvalue weighted by Gasteiger charge is -2.49. The maximum absolute atomic E-state index is 14.5. The fourth-order valence-corrected chi connectivity index (χ4v) is 6.03. The fraction of sp³-hybridized carbons (Fsp3) is 0.406. The van der Waals surface area contributed by atoms with Gasteiger partial charge in [-0.15, -0.1) is 0 Å². The molecule has 0 aromatic heterocycles. The lowest BCUT2D eigenvalue weighted by atomic mass is 9.88. The summed E-state index contributed by atoms with van der Waals surface area (Å²) in [5.74, 6) is -0.363. The number of morpholine rings is 2. The number of rotatable bonds is 9. The van der Waals surface area contributed by atoms with Crippen molar-refractivity contribution in [2.75, 3.05) is 32.8 Å². The summed E-state index contributed by atoms with van der Waals surface area (Å²) in [6.07, 6.45) is 0.971. The second kappa shape index (κ2) is 13.5. The summed E-state index contributed by atoms with van der Waals surface area (Å²) in [6.45, 7) is 5.97. The van der Waals surface area contributed by atoms with Gasteiger partial charge in [-0.2, -0.15) is 0 Å². The normalized spacial score (nSPS) is 22.9. The number of nitrogens with zero attached hydrogens (tertiary/aromatic N) is 2. The smallest absolute Gasteiger partial charge is 0.252 e. The maximum Gasteiger partial charge on any atom is 0.252 e. The van der Waals surface area contributed by atoms with Gasteiger partial charge in [0.1, 0.15) is 18.0 Å². The van der Waals surface area contributed by atoms with Crippen LogP contribution in [0, 0.1) is 5.82 Å². The quantitative estimate of drug-likeness (QED) is 0.275. The van der Waals surface area contributed by atoms with E-state index in [0.29, 0.717) is 29.7 Å². The average Bonchev–Trinajstić information content (AvgIpc) is 2.96. The molecule has 1 amide bonds. The SMILES string of the molecule is CCC[C@H](CN1CCOCC1)N1C(=O)C(Cc2ccc(F)cc2)O[C@@H](c2ccc(Cl)cc2)[C@H]1c1ccc(Cl)cc1. The molecule has 2 aliphatic heterocycles. The Balaban J connectivity index is 1.59. The van der Waals surface area contributed by atoms with E-state index in [-0.39, 0.29) is 23.8 Å². The van der Waals surface area contributed by atoms with Crippen molar-refractivity contribution in [1.29, 1.82) is 0 Å². The van der Waals surface area contributed by atoms with E-state index in [1.807, 2.05) is 48.5 Å². The van der Waals surface area contributed by atoms with Crippen LogP contribution in [0.5, 0.6) is 0 Å². The topological polar surface area (TPSA) is 42.0 Å². The van der Waals surface area contributed by atoms with E-state index in [9.17, 15) is 9.18 Å². The lowest BCUT2D eigenvalue weighted by Crippen LogP contribution is -2.58. The van der Waals surface area contributed by atoms with E-state index in [4.69, 9.17) is 32.7 Å². The number of amides is 1. The largest absolute Gasteiger partial charge is 0.379 e. The maximum atomic E-state index is 14.5. The highest BCUT2D eigenvalue weighted by Crippen LogP contribution is 2.44. The van der Waals surface area contributed by atoms with Crippen molar-refractivity contribution < 1.29 is 18.7 Å². The van der Waals surface area contributed by atoms with E-state index in [1.165, 1.54) is 12.1 Å². The van der Waals surface area contributed by atoms with Crippen LogP contribution in [0.25, 0.3) is 0 Å². The fourth-order valence-electron chi connectivity index (χ4n) is 5.78. The predicted molar refractivity (Wildman–Crippen MR) is 156 cm³/mol. The van der Waals surface area contributed by atoms with Gasteiger partial charge in [-0.05, 0) is 59.5 Å². The molecule has 2 heterocycles. The molecule has 1 unspecified atom stereocenters. The van der Waals surface area contributed by atoms with Gasteiger partial charge in [0, 0.05) is 42.1 Å². The highest BCUT2D eigenvalue weighted by molar-refractivity contribution is 6.30. The molecule has 5 rings (SSSR count). The second-order valence-corrected chi connectivity index (χ2v) is 11.4. The van der Waals surface area contributed by atoms with Crippen LogP contribution in [0.3, 0.4) is 0 Å². The van der Waals surface area contributed by atoms with E-state index >= 15 is 0 Å². The monoisotopic (exact) mass is 584 g/mol. The number of hydrogen-bond donors (Lipinski definition) is 0. The Morgan fingerprint density at radius 3 is 2.10 bits per heavy atom. The molecule has 0 saturated carbocycles. The minimum atomic E-state index is -0.723. The summed E-state index contributed by atoms with van der Waals surface area (Å²) in [7, 11) is 0. The van der Waals surface area contributed by atoms with Gasteiger partial charge in [0.25, 0.3) is 5.91 Å². The molecule has 3 aromatic carbocycles. The molecular weight excluding hydrogens is 550 g/mol. The van der Waals surface area contributed by atoms with Crippen LogP contribution in [0.2, 0.25) is 10.0 Å². The summed E-state index contributed by atoms with van der Waals surface area (Å²) in [6, 6.07) is 21.2. The van der Waals surface area contributed by atoms with Crippen LogP contribution in [0.15, 0.2) is 72.8 Å². The van der Waals surface area contributed by atoms with Crippen molar-refractivity contribution in [2.45, 2.75) is 50.5 Å². The Hall–Kier alpha value is -2.48. The number of ether oxygens (including phenoxy) is 2. The van der Waals surface area contributed by atoms with Gasteiger partial charge in [-0.3, -0.25) is 9.69 Å². The molecule has 212 valence electrons. The molecule has 5 nitrogen and oxygen atoms in total. The molecule has 0 N–H and O–H groups in total. The van der Waals surface area contributed by atoms with Crippen LogP contribution in [0.1, 0.15) is 48.6 Å². The molecule has 4 atom stereocenters. The van der Waals surface area contributed by atoms with Gasteiger partial charge in [-0.25, -0.2) is 4.39 Å². The highest BCUT2D eigenvalue weighted by atomic mass is 35.5. The zero-order chi connectivity index (χ0) is 28.1. The van der Waals surface area contributed by atoms with Crippen molar-refractivity contribution in [3.63, 3.8) is 0 Å². The number of carbonyl (C=O) groups is 1. The van der Waals surface area contributed by atoms with Crippen LogP contribution in [0.4, 0.5) is 4.39 Å². The van der Waals surface area contributed by atoms with Crippen LogP contribution in [-0.4, -0.2) is 60.7 Å². The number of carbonyl (C=O) groups excluding carboxylic acids is 1. The summed E-state index contributed by atoms with van der Waals surface area (Å²) >= 11 is 12.5. The molecule has 0 aliphatic carbocycles. The van der Waals surface area contributed by atoms with Crippen molar-refractivity contribution in [3.05, 3.63) is 105 Å². The van der Waals surface area contributed by atoms with Gasteiger partial charge in [-0.1, -0.05) is 72.9 Å². The summed E-state index contributed by atoms with van der Waals surface area (Å²) < 4.78 is 26.0. The van der Waals surface area contributed by atoms with Gasteiger partial charge in [0.05, 0.1) is 19.3 Å². The average molecular weight is 586 g/mol. The van der Waals surface area contributed by atoms with Crippen molar-refractivity contribution in [3.8, 4) is 0 Å². The molecule has 0 spiro atoms. The van der Waals surface area contributed by atoms with E-state index < -0.39 is 12.2 Å². The predicted octanol–water partition coefficient (Wildman–Crippen LogP) is 6.89. The third kappa shape index (κ3) is 6.87. The molecule has 0 bridgehead atoms. The highest BCUT2D eigenvalue weighted by Gasteiger charge is 2.46. The van der Waals surface area contributed by atoms with Crippen LogP contribution < -0.4 is 0 Å². The van der Waals surface area contributed by atoms with E-state index in [2.05, 4.69) is 16.7 Å². The second-order valence-electron chi connectivity index (χ2n) is 10.5. The Labute approximate surface area is 245 Å². The first-order valence-corrected chi connectivity index (χ1v) is 14.7. The Morgan fingerprint density at radius 1 is 0.900 bits per heavy atom. The lowest BCUT2D eigenvalue weighted by molar-refractivity contribution is -0.180. The number of halogens is 3. The van der Waals surface area contributed by atoms with Crippen LogP contribution in [-0.2, 0) is 20.7 Å². The van der Waals surface area contributed by atoms with Crippen LogP contribution >= 0.6 is 23.2 Å². The third-order valence-corrected chi connectivity index (χ3v) is 8.26. The third-order valence-electron chi connectivity index (χ3n) is 7.76. The summed E-state index contributed by atoms with van der Waals surface area (Å²) in [5.41, 5.74) is 2.74. The van der Waals surface area contributed by atoms with Gasteiger partial charge < -0.3 is 14.4 Å². The standard InChI is InChI=1S/C32H35Cl2FN2O3/c1-2-3-28(21-36-16-18-39-19-17-36)37-30(23-6-10-25(33)11-7-23)31(24-8-12-26(34)13-9-24)40-29(32(37)38)20-22-4-14-27(35)15-5-22/h4-15,28-31H,2-3,16-21H2,1H3/t28-,29?,30-,31+/m1/s1. The first kappa shape index (κ1) is 29.0. The molecule has 2 fully saturated rings. The Kier molecular flexibility index (Phi) is 9.76. The molecule has 8 heteroatoms. The summed E-state index contributed by atoms with van der Waals surface area (Å²) in [5, 5.41) is 1.27. The number of hydrogen-bond acceptors (Lipinski definition) is 4. The van der Waals surface area contributed by atoms with Gasteiger partial charge >= 0.3 is 0 Å². The summed E-state index contributed by atoms with van der Waals surface area (Å²) in [4.78, 5) is 18.9. The zero-order valence-electron chi connectivity index (χ0n) is 22.6. The first-order valence-electron chi connectivity index (χ1n) is 14.0. The Bertz CT molecular complexity index is 1250. The van der Waals surface area contributed by atoms with Gasteiger partial charge in [0.2, 0.25) is 0 Å².